The Bertz CT molecular complexity index is 437. The van der Waals surface area contributed by atoms with Crippen molar-refractivity contribution in [2.75, 3.05) is 17.9 Å². The zero-order valence-corrected chi connectivity index (χ0v) is 9.12. The third-order valence-electron chi connectivity index (χ3n) is 2.18. The molecule has 0 amide bonds. The second-order valence-corrected chi connectivity index (χ2v) is 3.88. The Kier molecular flexibility index (Phi) is 2.84. The highest BCUT2D eigenvalue weighted by atomic mass is 32.2. The summed E-state index contributed by atoms with van der Waals surface area (Å²) in [6.45, 7) is 0. The van der Waals surface area contributed by atoms with Crippen LogP contribution < -0.4 is 9.64 Å². The van der Waals surface area contributed by atoms with Crippen LogP contribution in [0.5, 0.6) is 5.75 Å². The predicted molar refractivity (Wildman–Crippen MR) is 61.8 cm³/mol. The van der Waals surface area contributed by atoms with Gasteiger partial charge in [-0.15, -0.1) is 11.8 Å². The average molecular weight is 218 g/mol. The summed E-state index contributed by atoms with van der Waals surface area (Å²) in [4.78, 5) is 2.06. The zero-order chi connectivity index (χ0) is 10.7. The molecular formula is C11H10N2OS. The second-order valence-electron chi connectivity index (χ2n) is 3.02. The maximum Gasteiger partial charge on any atom is 0.160 e. The van der Waals surface area contributed by atoms with E-state index in [1.165, 1.54) is 0 Å². The van der Waals surface area contributed by atoms with Crippen molar-refractivity contribution in [1.29, 1.82) is 5.26 Å². The van der Waals surface area contributed by atoms with Crippen LogP contribution in [-0.2, 0) is 0 Å². The molecule has 3 nitrogen and oxygen atoms in total. The second kappa shape index (κ2) is 4.28. The number of nitriles is 1. The van der Waals surface area contributed by atoms with Gasteiger partial charge in [0.2, 0.25) is 0 Å². The fraction of sp³-hybridized carbons (Fsp3) is 0.182. The third kappa shape index (κ3) is 1.79. The first-order valence-electron chi connectivity index (χ1n) is 4.49. The van der Waals surface area contributed by atoms with Crippen LogP contribution in [0.4, 0.5) is 5.69 Å². The summed E-state index contributed by atoms with van der Waals surface area (Å²) in [5.41, 5.74) is 1.51. The van der Waals surface area contributed by atoms with Crippen molar-refractivity contribution < 1.29 is 4.74 Å². The monoisotopic (exact) mass is 218 g/mol. The number of hydrogen-bond donors (Lipinski definition) is 0. The van der Waals surface area contributed by atoms with Gasteiger partial charge in [0.25, 0.3) is 0 Å². The first-order chi connectivity index (χ1) is 7.36. The Morgan fingerprint density at radius 1 is 1.53 bits per heavy atom. The Labute approximate surface area is 92.9 Å². The summed E-state index contributed by atoms with van der Waals surface area (Å²) in [7, 11) is 1.59. The van der Waals surface area contributed by atoms with Crippen molar-refractivity contribution in [2.24, 2.45) is 0 Å². The number of rotatable bonds is 2. The number of methoxy groups -OCH3 is 1. The van der Waals surface area contributed by atoms with E-state index in [4.69, 9.17) is 10.00 Å². The minimum atomic E-state index is 0.570. The number of thioether (sulfide) groups is 1. The van der Waals surface area contributed by atoms with E-state index in [1.54, 1.807) is 24.9 Å². The molecule has 0 aliphatic carbocycles. The van der Waals surface area contributed by atoms with Crippen LogP contribution in [0.25, 0.3) is 0 Å². The Morgan fingerprint density at radius 2 is 2.40 bits per heavy atom. The summed E-state index contributed by atoms with van der Waals surface area (Å²) >= 11 is 1.72. The fourth-order valence-corrected chi connectivity index (χ4v) is 2.19. The number of para-hydroxylation sites is 1. The lowest BCUT2D eigenvalue weighted by atomic mass is 10.2. The number of ether oxygens (including phenoxy) is 1. The van der Waals surface area contributed by atoms with Gasteiger partial charge in [0.05, 0.1) is 24.2 Å². The largest absolute Gasteiger partial charge is 0.493 e. The molecule has 0 bridgehead atoms. The van der Waals surface area contributed by atoms with E-state index in [-0.39, 0.29) is 0 Å². The van der Waals surface area contributed by atoms with Crippen molar-refractivity contribution in [3.05, 3.63) is 35.4 Å². The Balaban J connectivity index is 2.46. The van der Waals surface area contributed by atoms with Crippen molar-refractivity contribution in [3.63, 3.8) is 0 Å². The standard InChI is InChI=1S/C11H10N2OS/c1-14-11-9(7-12)3-2-4-10(11)13-5-6-15-8-13/h2-6H,8H2,1H3. The molecule has 1 aliphatic heterocycles. The van der Waals surface area contributed by atoms with Crippen LogP contribution >= 0.6 is 11.8 Å². The van der Waals surface area contributed by atoms with E-state index in [0.29, 0.717) is 11.3 Å². The normalized spacial score (nSPS) is 14.0. The van der Waals surface area contributed by atoms with E-state index >= 15 is 0 Å². The molecular weight excluding hydrogens is 208 g/mol. The van der Waals surface area contributed by atoms with Gasteiger partial charge in [0.1, 0.15) is 6.07 Å². The van der Waals surface area contributed by atoms with Crippen LogP contribution in [0.2, 0.25) is 0 Å². The van der Waals surface area contributed by atoms with E-state index in [1.807, 2.05) is 23.7 Å². The van der Waals surface area contributed by atoms with Crippen molar-refractivity contribution in [1.82, 2.24) is 0 Å². The summed E-state index contributed by atoms with van der Waals surface area (Å²) in [5.74, 6) is 1.51. The summed E-state index contributed by atoms with van der Waals surface area (Å²) in [5, 5.41) is 11.0. The fourth-order valence-electron chi connectivity index (χ4n) is 1.49. The maximum atomic E-state index is 8.95. The minimum absolute atomic E-state index is 0.570. The molecule has 0 N–H and O–H groups in total. The van der Waals surface area contributed by atoms with E-state index in [2.05, 4.69) is 11.0 Å². The summed E-state index contributed by atoms with van der Waals surface area (Å²) in [6.07, 6.45) is 1.99. The minimum Gasteiger partial charge on any atom is -0.493 e. The van der Waals surface area contributed by atoms with Crippen molar-refractivity contribution >= 4 is 17.4 Å². The molecule has 1 aliphatic rings. The van der Waals surface area contributed by atoms with Gasteiger partial charge in [-0.25, -0.2) is 0 Å². The molecule has 0 spiro atoms. The highest BCUT2D eigenvalue weighted by Crippen LogP contribution is 2.34. The van der Waals surface area contributed by atoms with E-state index < -0.39 is 0 Å². The van der Waals surface area contributed by atoms with Crippen LogP contribution in [0.1, 0.15) is 5.56 Å². The highest BCUT2D eigenvalue weighted by Gasteiger charge is 2.15. The van der Waals surface area contributed by atoms with Crippen LogP contribution in [0.3, 0.4) is 0 Å². The molecule has 0 saturated heterocycles. The molecule has 0 fully saturated rings. The zero-order valence-electron chi connectivity index (χ0n) is 8.30. The average Bonchev–Trinajstić information content (AvgIpc) is 2.81. The number of benzene rings is 1. The molecule has 1 aromatic carbocycles. The molecule has 0 saturated carbocycles. The van der Waals surface area contributed by atoms with Gasteiger partial charge in [-0.3, -0.25) is 0 Å². The van der Waals surface area contributed by atoms with Gasteiger partial charge in [0.15, 0.2) is 5.75 Å². The van der Waals surface area contributed by atoms with E-state index in [0.717, 1.165) is 11.6 Å². The van der Waals surface area contributed by atoms with Crippen LogP contribution in [0, 0.1) is 11.3 Å². The smallest absolute Gasteiger partial charge is 0.160 e. The molecule has 0 unspecified atom stereocenters. The van der Waals surface area contributed by atoms with E-state index in [9.17, 15) is 0 Å². The first-order valence-corrected chi connectivity index (χ1v) is 5.53. The first kappa shape index (κ1) is 9.94. The number of hydrogen-bond acceptors (Lipinski definition) is 4. The van der Waals surface area contributed by atoms with Crippen LogP contribution in [0.15, 0.2) is 29.8 Å². The molecule has 2 rings (SSSR count). The number of nitrogens with zero attached hydrogens (tertiary/aromatic N) is 2. The van der Waals surface area contributed by atoms with Gasteiger partial charge in [0, 0.05) is 6.20 Å². The molecule has 0 radical (unpaired) electrons. The highest BCUT2D eigenvalue weighted by molar-refractivity contribution is 8.02. The van der Waals surface area contributed by atoms with Gasteiger partial charge in [-0.1, -0.05) is 6.07 Å². The SMILES string of the molecule is COc1c(C#N)cccc1N1C=CSC1. The molecule has 1 heterocycles. The molecule has 76 valence electrons. The molecule has 1 aromatic rings. The van der Waals surface area contributed by atoms with Gasteiger partial charge in [-0.2, -0.15) is 5.26 Å². The van der Waals surface area contributed by atoms with Crippen molar-refractivity contribution in [2.45, 2.75) is 0 Å². The van der Waals surface area contributed by atoms with Gasteiger partial charge >= 0.3 is 0 Å². The lowest BCUT2D eigenvalue weighted by molar-refractivity contribution is 0.414. The number of anilines is 1. The lowest BCUT2D eigenvalue weighted by Crippen LogP contribution is -2.12. The Morgan fingerprint density at radius 3 is 3.00 bits per heavy atom. The van der Waals surface area contributed by atoms with Gasteiger partial charge in [-0.05, 0) is 17.5 Å². The molecule has 0 aromatic heterocycles. The van der Waals surface area contributed by atoms with Crippen LogP contribution in [-0.4, -0.2) is 13.0 Å². The summed E-state index contributed by atoms with van der Waals surface area (Å²) in [6, 6.07) is 7.71. The van der Waals surface area contributed by atoms with Gasteiger partial charge < -0.3 is 9.64 Å². The molecule has 15 heavy (non-hydrogen) atoms. The lowest BCUT2D eigenvalue weighted by Gasteiger charge is -2.18. The Hall–Kier alpha value is -1.60. The summed E-state index contributed by atoms with van der Waals surface area (Å²) < 4.78 is 5.27. The quantitative estimate of drug-likeness (QED) is 0.764. The molecule has 4 heteroatoms. The predicted octanol–water partition coefficient (Wildman–Crippen LogP) is 2.55. The maximum absolute atomic E-state index is 8.95. The van der Waals surface area contributed by atoms with Crippen molar-refractivity contribution in [3.8, 4) is 11.8 Å². The topological polar surface area (TPSA) is 36.3 Å². The third-order valence-corrected chi connectivity index (χ3v) is 2.92. The molecule has 0 atom stereocenters.